The molecule has 0 aliphatic rings. The Morgan fingerprint density at radius 3 is 2.75 bits per heavy atom. The van der Waals surface area contributed by atoms with Crippen molar-refractivity contribution in [3.05, 3.63) is 22.7 Å². The fraction of sp³-hybridized carbons (Fsp3) is 0.364. The van der Waals surface area contributed by atoms with Crippen LogP contribution in [0.1, 0.15) is 12.5 Å². The van der Waals surface area contributed by atoms with Gasteiger partial charge in [-0.2, -0.15) is 0 Å². The van der Waals surface area contributed by atoms with Crippen LogP contribution in [0, 0.1) is 6.92 Å². The number of nitrogens with two attached hydrogens (primary N) is 1. The van der Waals surface area contributed by atoms with Crippen molar-refractivity contribution in [2.75, 3.05) is 18.2 Å². The second-order valence-corrected chi connectivity index (χ2v) is 3.99. The normalized spacial score (nSPS) is 12.0. The lowest BCUT2D eigenvalue weighted by molar-refractivity contribution is -0.141. The Bertz CT molecular complexity index is 407. The Morgan fingerprint density at radius 2 is 2.19 bits per heavy atom. The summed E-state index contributed by atoms with van der Waals surface area (Å²) < 4.78 is 4.62. The van der Waals surface area contributed by atoms with Crippen molar-refractivity contribution in [2.24, 2.45) is 0 Å². The van der Waals surface area contributed by atoms with E-state index in [0.717, 1.165) is 11.3 Å². The first-order valence-corrected chi connectivity index (χ1v) is 5.23. The van der Waals surface area contributed by atoms with Gasteiger partial charge in [0.15, 0.2) is 0 Å². The topological polar surface area (TPSA) is 64.3 Å². The molecule has 0 saturated heterocycles. The zero-order chi connectivity index (χ0) is 12.3. The van der Waals surface area contributed by atoms with Gasteiger partial charge in [0.2, 0.25) is 0 Å². The Labute approximate surface area is 99.7 Å². The highest BCUT2D eigenvalue weighted by atomic mass is 35.5. The summed E-state index contributed by atoms with van der Waals surface area (Å²) >= 11 is 5.90. The van der Waals surface area contributed by atoms with Gasteiger partial charge in [0.05, 0.1) is 17.8 Å². The van der Waals surface area contributed by atoms with Crippen molar-refractivity contribution >= 4 is 28.9 Å². The van der Waals surface area contributed by atoms with Gasteiger partial charge in [0, 0.05) is 5.69 Å². The molecule has 1 unspecified atom stereocenters. The smallest absolute Gasteiger partial charge is 0.327 e. The number of carbonyl (C=O) groups is 1. The molecule has 3 N–H and O–H groups in total. The highest BCUT2D eigenvalue weighted by Crippen LogP contribution is 2.27. The third-order valence-electron chi connectivity index (χ3n) is 2.27. The number of rotatable bonds is 3. The molecule has 0 amide bonds. The number of carbonyl (C=O) groups excluding carboxylic acids is 1. The molecule has 0 saturated carbocycles. The molecule has 0 bridgehead atoms. The van der Waals surface area contributed by atoms with Crippen LogP contribution in [0.3, 0.4) is 0 Å². The zero-order valence-electron chi connectivity index (χ0n) is 9.50. The molecule has 0 radical (unpaired) electrons. The first-order valence-electron chi connectivity index (χ1n) is 4.85. The molecule has 0 fully saturated rings. The van der Waals surface area contributed by atoms with Crippen LogP contribution in [0.15, 0.2) is 12.1 Å². The second kappa shape index (κ2) is 5.07. The molecule has 1 aromatic rings. The van der Waals surface area contributed by atoms with Crippen LogP contribution in [-0.2, 0) is 9.53 Å². The third-order valence-corrected chi connectivity index (χ3v) is 2.60. The van der Waals surface area contributed by atoms with E-state index in [2.05, 4.69) is 10.1 Å². The van der Waals surface area contributed by atoms with Crippen LogP contribution in [0.25, 0.3) is 0 Å². The number of anilines is 2. The van der Waals surface area contributed by atoms with E-state index >= 15 is 0 Å². The number of ether oxygens (including phenoxy) is 1. The van der Waals surface area contributed by atoms with Gasteiger partial charge in [0.25, 0.3) is 0 Å². The van der Waals surface area contributed by atoms with Crippen LogP contribution in [0.5, 0.6) is 0 Å². The summed E-state index contributed by atoms with van der Waals surface area (Å²) in [5.41, 5.74) is 7.88. The number of esters is 1. The minimum absolute atomic E-state index is 0.327. The van der Waals surface area contributed by atoms with Crippen molar-refractivity contribution in [3.8, 4) is 0 Å². The maximum absolute atomic E-state index is 11.2. The number of nitrogen functional groups attached to an aromatic ring is 1. The van der Waals surface area contributed by atoms with Crippen molar-refractivity contribution < 1.29 is 9.53 Å². The fourth-order valence-electron chi connectivity index (χ4n) is 1.33. The molecule has 1 rings (SSSR count). The van der Waals surface area contributed by atoms with E-state index in [1.165, 1.54) is 7.11 Å². The molecule has 1 atom stereocenters. The van der Waals surface area contributed by atoms with E-state index < -0.39 is 6.04 Å². The van der Waals surface area contributed by atoms with Crippen molar-refractivity contribution in [1.82, 2.24) is 0 Å². The van der Waals surface area contributed by atoms with Crippen molar-refractivity contribution in [3.63, 3.8) is 0 Å². The predicted molar refractivity (Wildman–Crippen MR) is 65.7 cm³/mol. The Kier molecular flexibility index (Phi) is 4.01. The van der Waals surface area contributed by atoms with E-state index in [-0.39, 0.29) is 5.97 Å². The predicted octanol–water partition coefficient (Wildman–Crippen LogP) is 2.20. The third kappa shape index (κ3) is 2.79. The van der Waals surface area contributed by atoms with E-state index in [1.807, 2.05) is 6.92 Å². The van der Waals surface area contributed by atoms with Crippen LogP contribution < -0.4 is 11.1 Å². The summed E-state index contributed by atoms with van der Waals surface area (Å²) in [6, 6.07) is 3.03. The summed E-state index contributed by atoms with van der Waals surface area (Å²) in [5.74, 6) is -0.327. The molecule has 16 heavy (non-hydrogen) atoms. The molecule has 5 heteroatoms. The van der Waals surface area contributed by atoms with Gasteiger partial charge in [-0.05, 0) is 31.5 Å². The molecule has 0 heterocycles. The number of nitrogens with one attached hydrogen (secondary N) is 1. The maximum atomic E-state index is 11.2. The van der Waals surface area contributed by atoms with Gasteiger partial charge >= 0.3 is 5.97 Å². The Balaban J connectivity index is 2.89. The number of benzene rings is 1. The average Bonchev–Trinajstić information content (AvgIpc) is 2.24. The van der Waals surface area contributed by atoms with Gasteiger partial charge in [-0.15, -0.1) is 0 Å². The van der Waals surface area contributed by atoms with E-state index in [1.54, 1.807) is 19.1 Å². The van der Waals surface area contributed by atoms with Crippen LogP contribution >= 0.6 is 11.6 Å². The second-order valence-electron chi connectivity index (χ2n) is 3.58. The molecular weight excluding hydrogens is 228 g/mol. The van der Waals surface area contributed by atoms with Crippen LogP contribution in [0.2, 0.25) is 5.02 Å². The summed E-state index contributed by atoms with van der Waals surface area (Å²) in [6.07, 6.45) is 0. The van der Waals surface area contributed by atoms with E-state index in [9.17, 15) is 4.79 Å². The summed E-state index contributed by atoms with van der Waals surface area (Å²) in [6.45, 7) is 3.61. The lowest BCUT2D eigenvalue weighted by Crippen LogP contribution is -2.27. The lowest BCUT2D eigenvalue weighted by atomic mass is 10.1. The fourth-order valence-corrected chi connectivity index (χ4v) is 1.49. The van der Waals surface area contributed by atoms with Crippen LogP contribution in [0.4, 0.5) is 11.4 Å². The molecule has 0 aliphatic heterocycles. The average molecular weight is 243 g/mol. The van der Waals surface area contributed by atoms with Gasteiger partial charge < -0.3 is 15.8 Å². The minimum atomic E-state index is -0.427. The molecule has 4 nitrogen and oxygen atoms in total. The summed E-state index contributed by atoms with van der Waals surface area (Å²) in [4.78, 5) is 11.2. The van der Waals surface area contributed by atoms with Crippen molar-refractivity contribution in [2.45, 2.75) is 19.9 Å². The first kappa shape index (κ1) is 12.6. The number of methoxy groups -OCH3 is 1. The lowest BCUT2D eigenvalue weighted by Gasteiger charge is -2.15. The molecule has 0 spiro atoms. The molecule has 88 valence electrons. The Hall–Kier alpha value is -1.42. The minimum Gasteiger partial charge on any atom is -0.467 e. The Morgan fingerprint density at radius 1 is 1.56 bits per heavy atom. The first-order chi connectivity index (χ1) is 7.45. The van der Waals surface area contributed by atoms with E-state index in [4.69, 9.17) is 17.3 Å². The number of hydrogen-bond donors (Lipinski definition) is 2. The highest BCUT2D eigenvalue weighted by Gasteiger charge is 2.14. The largest absolute Gasteiger partial charge is 0.467 e. The van der Waals surface area contributed by atoms with Crippen LogP contribution in [-0.4, -0.2) is 19.1 Å². The van der Waals surface area contributed by atoms with Gasteiger partial charge in [-0.25, -0.2) is 4.79 Å². The zero-order valence-corrected chi connectivity index (χ0v) is 10.3. The van der Waals surface area contributed by atoms with Crippen molar-refractivity contribution in [1.29, 1.82) is 0 Å². The summed E-state index contributed by atoms with van der Waals surface area (Å²) in [7, 11) is 1.35. The van der Waals surface area contributed by atoms with E-state index in [0.29, 0.717) is 10.7 Å². The monoisotopic (exact) mass is 242 g/mol. The molecule has 1 aromatic carbocycles. The summed E-state index contributed by atoms with van der Waals surface area (Å²) in [5, 5.41) is 3.48. The number of halogens is 1. The quantitative estimate of drug-likeness (QED) is 0.630. The standard InChI is InChI=1S/C11H15ClN2O2/c1-6-4-9(13)8(12)5-10(6)14-7(2)11(15)16-3/h4-5,7,14H,13H2,1-3H3. The molecular formula is C11H15ClN2O2. The van der Waals surface area contributed by atoms with Gasteiger partial charge in [0.1, 0.15) is 6.04 Å². The van der Waals surface area contributed by atoms with Gasteiger partial charge in [-0.1, -0.05) is 11.6 Å². The molecule has 0 aliphatic carbocycles. The van der Waals surface area contributed by atoms with Gasteiger partial charge in [-0.3, -0.25) is 0 Å². The number of aryl methyl sites for hydroxylation is 1. The SMILES string of the molecule is COC(=O)C(C)Nc1cc(Cl)c(N)cc1C. The molecule has 0 aromatic heterocycles. The maximum Gasteiger partial charge on any atom is 0.327 e. The number of hydrogen-bond acceptors (Lipinski definition) is 4. The highest BCUT2D eigenvalue weighted by molar-refractivity contribution is 6.33.